The molecule has 1 atom stereocenters. The lowest BCUT2D eigenvalue weighted by Gasteiger charge is -2.38. The monoisotopic (exact) mass is 392 g/mol. The van der Waals surface area contributed by atoms with Crippen LogP contribution in [-0.2, 0) is 14.3 Å². The highest BCUT2D eigenvalue weighted by Gasteiger charge is 2.51. The molecule has 4 nitrogen and oxygen atoms in total. The number of allylic oxidation sites excluding steroid dienone is 7. The molecule has 2 rings (SSSR count). The van der Waals surface area contributed by atoms with Crippen molar-refractivity contribution in [3.63, 3.8) is 0 Å². The third kappa shape index (κ3) is 4.16. The Balaban J connectivity index is 2.88. The zero-order chi connectivity index (χ0) is 21.6. The van der Waals surface area contributed by atoms with Crippen LogP contribution in [0.25, 0.3) is 5.76 Å². The number of hydrogen-bond acceptors (Lipinski definition) is 4. The molecule has 0 saturated carbocycles. The maximum absolute atomic E-state index is 13.7. The second kappa shape index (κ2) is 9.37. The van der Waals surface area contributed by atoms with Crippen LogP contribution in [0, 0.1) is 5.41 Å². The molecule has 0 spiro atoms. The van der Waals surface area contributed by atoms with Crippen molar-refractivity contribution in [2.75, 3.05) is 7.11 Å². The standard InChI is InChI=1S/C25H28O4/c1-6-11-19-22(27)20(21(26)18-12-9-8-10-13-18)23(28)25(15-7-2,24(19)29-5)16-14-17(3)4/h6-10,12-14,26H,1-2,11,15-16H2,3-5H3/b21-20-. The topological polar surface area (TPSA) is 63.6 Å². The van der Waals surface area contributed by atoms with Crippen LogP contribution in [0.1, 0.15) is 38.7 Å². The van der Waals surface area contributed by atoms with E-state index >= 15 is 0 Å². The van der Waals surface area contributed by atoms with Gasteiger partial charge in [-0.3, -0.25) is 9.59 Å². The summed E-state index contributed by atoms with van der Waals surface area (Å²) in [7, 11) is 1.46. The largest absolute Gasteiger partial charge is 0.506 e. The van der Waals surface area contributed by atoms with E-state index in [-0.39, 0.29) is 24.2 Å². The SMILES string of the molecule is C=CCC1=C(OC)C(CC=C)(CC=C(C)C)C(=O)/C(=C(\O)c2ccccc2)C1=O. The molecule has 4 heteroatoms. The first kappa shape index (κ1) is 22.2. The van der Waals surface area contributed by atoms with Gasteiger partial charge in [-0.25, -0.2) is 0 Å². The molecule has 1 N–H and O–H groups in total. The zero-order valence-corrected chi connectivity index (χ0v) is 17.3. The fraction of sp³-hybridized carbons (Fsp3) is 0.280. The Morgan fingerprint density at radius 2 is 1.76 bits per heavy atom. The molecule has 152 valence electrons. The third-order valence-corrected chi connectivity index (χ3v) is 5.06. The van der Waals surface area contributed by atoms with Gasteiger partial charge < -0.3 is 9.84 Å². The highest BCUT2D eigenvalue weighted by atomic mass is 16.5. The minimum absolute atomic E-state index is 0.210. The summed E-state index contributed by atoms with van der Waals surface area (Å²) in [6.45, 7) is 11.4. The van der Waals surface area contributed by atoms with Crippen molar-refractivity contribution in [1.82, 2.24) is 0 Å². The predicted octanol–water partition coefficient (Wildman–Crippen LogP) is 5.50. The number of carbonyl (C=O) groups is 2. The Morgan fingerprint density at radius 1 is 1.10 bits per heavy atom. The molecule has 0 fully saturated rings. The molecule has 1 aromatic carbocycles. The van der Waals surface area contributed by atoms with E-state index in [0.29, 0.717) is 23.3 Å². The lowest BCUT2D eigenvalue weighted by molar-refractivity contribution is -0.128. The molecule has 0 aliphatic heterocycles. The Bertz CT molecular complexity index is 911. The van der Waals surface area contributed by atoms with Crippen LogP contribution in [0.3, 0.4) is 0 Å². The summed E-state index contributed by atoms with van der Waals surface area (Å²) in [6.07, 6.45) is 6.03. The molecule has 1 aliphatic rings. The van der Waals surface area contributed by atoms with Gasteiger partial charge in [-0.15, -0.1) is 13.2 Å². The average molecular weight is 392 g/mol. The van der Waals surface area contributed by atoms with Gasteiger partial charge in [0.2, 0.25) is 0 Å². The van der Waals surface area contributed by atoms with Gasteiger partial charge in [0.15, 0.2) is 11.6 Å². The van der Waals surface area contributed by atoms with E-state index in [0.717, 1.165) is 5.57 Å². The van der Waals surface area contributed by atoms with Gasteiger partial charge in [0.1, 0.15) is 17.1 Å². The average Bonchev–Trinajstić information content (AvgIpc) is 2.71. The van der Waals surface area contributed by atoms with E-state index in [4.69, 9.17) is 4.74 Å². The van der Waals surface area contributed by atoms with E-state index in [1.54, 1.807) is 42.5 Å². The molecular formula is C25H28O4. The highest BCUT2D eigenvalue weighted by molar-refractivity contribution is 6.34. The van der Waals surface area contributed by atoms with Gasteiger partial charge in [-0.1, -0.05) is 54.1 Å². The number of methoxy groups -OCH3 is 1. The van der Waals surface area contributed by atoms with Crippen molar-refractivity contribution < 1.29 is 19.4 Å². The number of aliphatic hydroxyl groups excluding tert-OH is 1. The minimum Gasteiger partial charge on any atom is -0.506 e. The van der Waals surface area contributed by atoms with Crippen LogP contribution in [0.2, 0.25) is 0 Å². The van der Waals surface area contributed by atoms with E-state index in [2.05, 4.69) is 13.2 Å². The molecule has 0 amide bonds. The lowest BCUT2D eigenvalue weighted by Crippen LogP contribution is -2.42. The van der Waals surface area contributed by atoms with Crippen LogP contribution in [0.15, 0.2) is 84.2 Å². The summed E-state index contributed by atoms with van der Waals surface area (Å²) in [6, 6.07) is 8.61. The Hall–Kier alpha value is -3.14. The van der Waals surface area contributed by atoms with Gasteiger partial charge in [-0.05, 0) is 33.1 Å². The van der Waals surface area contributed by atoms with Gasteiger partial charge in [0.25, 0.3) is 0 Å². The molecule has 29 heavy (non-hydrogen) atoms. The number of rotatable bonds is 8. The Morgan fingerprint density at radius 3 is 2.28 bits per heavy atom. The van der Waals surface area contributed by atoms with Crippen molar-refractivity contribution in [3.8, 4) is 0 Å². The number of ketones is 2. The summed E-state index contributed by atoms with van der Waals surface area (Å²) in [4.78, 5) is 27.0. The van der Waals surface area contributed by atoms with Gasteiger partial charge >= 0.3 is 0 Å². The van der Waals surface area contributed by atoms with E-state index in [9.17, 15) is 14.7 Å². The third-order valence-electron chi connectivity index (χ3n) is 5.06. The molecule has 0 heterocycles. The fourth-order valence-electron chi connectivity index (χ4n) is 3.67. The van der Waals surface area contributed by atoms with Crippen LogP contribution in [0.4, 0.5) is 0 Å². The molecule has 0 radical (unpaired) electrons. The number of Topliss-reactive ketones (excluding diaryl/α,β-unsaturated/α-hetero) is 2. The first-order valence-electron chi connectivity index (χ1n) is 9.55. The summed E-state index contributed by atoms with van der Waals surface area (Å²) >= 11 is 0. The van der Waals surface area contributed by atoms with E-state index in [1.807, 2.05) is 19.9 Å². The molecule has 1 aliphatic carbocycles. The molecule has 1 aromatic rings. The van der Waals surface area contributed by atoms with E-state index < -0.39 is 17.0 Å². The van der Waals surface area contributed by atoms with Crippen LogP contribution in [0.5, 0.6) is 0 Å². The van der Waals surface area contributed by atoms with Crippen LogP contribution < -0.4 is 0 Å². The van der Waals surface area contributed by atoms with Gasteiger partial charge in [-0.2, -0.15) is 0 Å². The summed E-state index contributed by atoms with van der Waals surface area (Å²) in [5, 5.41) is 10.9. The fourth-order valence-corrected chi connectivity index (χ4v) is 3.67. The van der Waals surface area contributed by atoms with Crippen molar-refractivity contribution in [2.24, 2.45) is 5.41 Å². The normalized spacial score (nSPS) is 20.9. The number of carbonyl (C=O) groups excluding carboxylic acids is 2. The molecular weight excluding hydrogens is 364 g/mol. The molecule has 0 aromatic heterocycles. The second-order valence-corrected chi connectivity index (χ2v) is 7.31. The minimum atomic E-state index is -1.14. The molecule has 0 saturated heterocycles. The van der Waals surface area contributed by atoms with Crippen molar-refractivity contribution >= 4 is 17.3 Å². The quantitative estimate of drug-likeness (QED) is 0.274. The summed E-state index contributed by atoms with van der Waals surface area (Å²) in [5.74, 6) is -0.965. The number of ether oxygens (including phenoxy) is 1. The molecule has 1 unspecified atom stereocenters. The van der Waals surface area contributed by atoms with E-state index in [1.165, 1.54) is 7.11 Å². The molecule has 0 bridgehead atoms. The van der Waals surface area contributed by atoms with Crippen molar-refractivity contribution in [2.45, 2.75) is 33.1 Å². The first-order valence-corrected chi connectivity index (χ1v) is 9.55. The zero-order valence-electron chi connectivity index (χ0n) is 17.3. The number of aliphatic hydroxyl groups is 1. The van der Waals surface area contributed by atoms with Gasteiger partial charge in [0.05, 0.1) is 12.5 Å². The number of hydrogen-bond donors (Lipinski definition) is 1. The summed E-state index contributed by atoms with van der Waals surface area (Å²) < 4.78 is 5.64. The second-order valence-electron chi connectivity index (χ2n) is 7.31. The smallest absolute Gasteiger partial charge is 0.200 e. The van der Waals surface area contributed by atoms with Crippen LogP contribution in [-0.4, -0.2) is 23.8 Å². The van der Waals surface area contributed by atoms with Crippen molar-refractivity contribution in [3.05, 3.63) is 89.8 Å². The predicted molar refractivity (Wildman–Crippen MR) is 116 cm³/mol. The first-order chi connectivity index (χ1) is 13.8. The van der Waals surface area contributed by atoms with Crippen molar-refractivity contribution in [1.29, 1.82) is 0 Å². The highest BCUT2D eigenvalue weighted by Crippen LogP contribution is 2.47. The number of benzene rings is 1. The Labute approximate surface area is 172 Å². The maximum Gasteiger partial charge on any atom is 0.200 e. The maximum atomic E-state index is 13.7. The van der Waals surface area contributed by atoms with Gasteiger partial charge in [0, 0.05) is 11.1 Å². The Kier molecular flexibility index (Phi) is 7.16. The summed E-state index contributed by atoms with van der Waals surface area (Å²) in [5.41, 5.74) is 0.439. The van der Waals surface area contributed by atoms with Crippen LogP contribution >= 0.6 is 0 Å². The lowest BCUT2D eigenvalue weighted by atomic mass is 9.65.